The number of ether oxygens (including phenoxy) is 1. The molecule has 0 radical (unpaired) electrons. The Bertz CT molecular complexity index is 1640. The van der Waals surface area contributed by atoms with Gasteiger partial charge in [0, 0.05) is 37.8 Å². The van der Waals surface area contributed by atoms with Crippen molar-refractivity contribution in [1.29, 1.82) is 0 Å². The summed E-state index contributed by atoms with van der Waals surface area (Å²) in [5.41, 5.74) is 2.66. The number of rotatable bonds is 7. The molecule has 1 atom stereocenters. The Kier molecular flexibility index (Phi) is 6.76. The largest absolute Gasteiger partial charge is 0.497 e. The lowest BCUT2D eigenvalue weighted by molar-refractivity contribution is 0.200. The monoisotopic (exact) mass is 525 g/mol. The fourth-order valence-corrected chi connectivity index (χ4v) is 5.23. The summed E-state index contributed by atoms with van der Waals surface area (Å²) in [6.45, 7) is 2.85. The highest BCUT2D eigenvalue weighted by molar-refractivity contribution is 5.80. The molecule has 0 saturated carbocycles. The number of pyridine rings is 1. The van der Waals surface area contributed by atoms with Gasteiger partial charge in [-0.15, -0.1) is 5.10 Å². The maximum atomic E-state index is 14.5. The van der Waals surface area contributed by atoms with Gasteiger partial charge in [0.1, 0.15) is 17.6 Å². The zero-order valence-corrected chi connectivity index (χ0v) is 21.5. The molecule has 1 saturated heterocycles. The Labute approximate surface area is 224 Å². The van der Waals surface area contributed by atoms with Crippen molar-refractivity contribution < 1.29 is 9.13 Å². The molecule has 5 aromatic rings. The number of methoxy groups -OCH3 is 1. The van der Waals surface area contributed by atoms with Gasteiger partial charge in [0.2, 0.25) is 0 Å². The third kappa shape index (κ3) is 4.98. The smallest absolute Gasteiger partial charge is 0.253 e. The number of halogens is 1. The number of para-hydroxylation sites is 1. The van der Waals surface area contributed by atoms with Crippen molar-refractivity contribution in [3.8, 4) is 5.75 Å². The summed E-state index contributed by atoms with van der Waals surface area (Å²) < 4.78 is 21.6. The molecule has 1 aliphatic rings. The average molecular weight is 526 g/mol. The van der Waals surface area contributed by atoms with Crippen LogP contribution in [0.3, 0.4) is 0 Å². The van der Waals surface area contributed by atoms with Gasteiger partial charge in [-0.3, -0.25) is 9.69 Å². The first-order valence-electron chi connectivity index (χ1n) is 12.8. The van der Waals surface area contributed by atoms with E-state index in [9.17, 15) is 9.18 Å². The van der Waals surface area contributed by atoms with Crippen LogP contribution in [0.4, 0.5) is 10.1 Å². The molecule has 1 unspecified atom stereocenters. The number of H-pyrrole nitrogens is 1. The van der Waals surface area contributed by atoms with Gasteiger partial charge in [-0.1, -0.05) is 42.5 Å². The number of hydrogen-bond donors (Lipinski definition) is 1. The second-order valence-electron chi connectivity index (χ2n) is 9.56. The zero-order valence-electron chi connectivity index (χ0n) is 21.5. The molecule has 9 nitrogen and oxygen atoms in total. The second kappa shape index (κ2) is 10.7. The van der Waals surface area contributed by atoms with Crippen molar-refractivity contribution in [1.82, 2.24) is 30.1 Å². The summed E-state index contributed by atoms with van der Waals surface area (Å²) in [5.74, 6) is 1.01. The minimum Gasteiger partial charge on any atom is -0.497 e. The lowest BCUT2D eigenvalue weighted by Crippen LogP contribution is -2.49. The van der Waals surface area contributed by atoms with Crippen LogP contribution in [0, 0.1) is 5.82 Å². The molecular formula is C29H28FN7O2. The number of anilines is 1. The van der Waals surface area contributed by atoms with E-state index in [0.717, 1.165) is 10.9 Å². The van der Waals surface area contributed by atoms with Crippen molar-refractivity contribution in [3.63, 3.8) is 0 Å². The summed E-state index contributed by atoms with van der Waals surface area (Å²) in [5, 5.41) is 13.6. The summed E-state index contributed by atoms with van der Waals surface area (Å²) in [7, 11) is 1.59. The molecule has 1 fully saturated rings. The molecule has 0 bridgehead atoms. The number of nitrogens with zero attached hydrogens (tertiary/aromatic N) is 6. The number of hydrogen-bond acceptors (Lipinski definition) is 7. The highest BCUT2D eigenvalue weighted by atomic mass is 19.1. The van der Waals surface area contributed by atoms with Gasteiger partial charge < -0.3 is 14.6 Å². The molecule has 3 aromatic carbocycles. The quantitative estimate of drug-likeness (QED) is 0.347. The Balaban J connectivity index is 1.39. The standard InChI is InChI=1S/C29H28FN7O2/c1-39-22-12-11-21-17-23(29(38)31-25(21)18-22)27(28-32-33-34-37(28)19-20-7-3-2-4-8-20)36-15-13-35(14-16-36)26-10-6-5-9-24(26)30/h2-12,17-18,27H,13-16,19H2,1H3,(H,31,38). The molecule has 39 heavy (non-hydrogen) atoms. The third-order valence-corrected chi connectivity index (χ3v) is 7.23. The summed E-state index contributed by atoms with van der Waals surface area (Å²) in [4.78, 5) is 20.8. The zero-order chi connectivity index (χ0) is 26.8. The third-order valence-electron chi connectivity index (χ3n) is 7.23. The van der Waals surface area contributed by atoms with E-state index < -0.39 is 6.04 Å². The molecule has 198 valence electrons. The Morgan fingerprint density at radius 3 is 2.51 bits per heavy atom. The Morgan fingerprint density at radius 2 is 1.74 bits per heavy atom. The molecule has 6 rings (SSSR count). The van der Waals surface area contributed by atoms with E-state index in [1.54, 1.807) is 23.9 Å². The molecule has 0 aliphatic carbocycles. The fourth-order valence-electron chi connectivity index (χ4n) is 5.23. The normalized spacial score (nSPS) is 15.0. The van der Waals surface area contributed by atoms with Gasteiger partial charge in [-0.2, -0.15) is 0 Å². The van der Waals surface area contributed by atoms with E-state index in [1.165, 1.54) is 6.07 Å². The molecule has 1 aliphatic heterocycles. The number of benzene rings is 3. The highest BCUT2D eigenvalue weighted by Gasteiger charge is 2.33. The topological polar surface area (TPSA) is 92.2 Å². The predicted molar refractivity (Wildman–Crippen MR) is 147 cm³/mol. The number of tetrazole rings is 1. The maximum absolute atomic E-state index is 14.5. The van der Waals surface area contributed by atoms with Gasteiger partial charge in [-0.25, -0.2) is 9.07 Å². The van der Waals surface area contributed by atoms with Crippen LogP contribution in [0.15, 0.2) is 83.7 Å². The van der Waals surface area contributed by atoms with Crippen LogP contribution in [0.1, 0.15) is 23.0 Å². The van der Waals surface area contributed by atoms with Crippen LogP contribution >= 0.6 is 0 Å². The van der Waals surface area contributed by atoms with Gasteiger partial charge in [-0.05, 0) is 51.7 Å². The average Bonchev–Trinajstić information content (AvgIpc) is 3.42. The molecular weight excluding hydrogens is 497 g/mol. The van der Waals surface area contributed by atoms with Crippen molar-refractivity contribution in [2.45, 2.75) is 12.6 Å². The molecule has 10 heteroatoms. The summed E-state index contributed by atoms with van der Waals surface area (Å²) in [6.07, 6.45) is 0. The first-order valence-corrected chi connectivity index (χ1v) is 12.8. The van der Waals surface area contributed by atoms with Crippen molar-refractivity contribution in [2.24, 2.45) is 0 Å². The van der Waals surface area contributed by atoms with Gasteiger partial charge in [0.15, 0.2) is 5.82 Å². The number of nitrogens with one attached hydrogen (secondary N) is 1. The highest BCUT2D eigenvalue weighted by Crippen LogP contribution is 2.30. The molecule has 0 spiro atoms. The first-order chi connectivity index (χ1) is 19.1. The van der Waals surface area contributed by atoms with Crippen LogP contribution < -0.4 is 15.2 Å². The van der Waals surface area contributed by atoms with E-state index in [4.69, 9.17) is 4.74 Å². The van der Waals surface area contributed by atoms with Gasteiger partial charge in [0.25, 0.3) is 5.56 Å². The van der Waals surface area contributed by atoms with Crippen LogP contribution in [-0.4, -0.2) is 63.4 Å². The number of fused-ring (bicyclic) bond motifs is 1. The SMILES string of the molecule is COc1ccc2cc(C(c3nnnn3Cc3ccccc3)N3CCN(c4ccccc4F)CC3)c(=O)[nH]c2c1. The van der Waals surface area contributed by atoms with Crippen molar-refractivity contribution >= 4 is 16.6 Å². The minimum absolute atomic E-state index is 0.216. The van der Waals surface area contributed by atoms with Crippen LogP contribution in [-0.2, 0) is 6.54 Å². The molecule has 2 aromatic heterocycles. The fraction of sp³-hybridized carbons (Fsp3) is 0.241. The molecule has 1 N–H and O–H groups in total. The van der Waals surface area contributed by atoms with Crippen LogP contribution in [0.5, 0.6) is 5.75 Å². The van der Waals surface area contributed by atoms with Crippen molar-refractivity contribution in [3.05, 3.63) is 112 Å². The number of aromatic nitrogens is 5. The van der Waals surface area contributed by atoms with E-state index in [0.29, 0.717) is 61.1 Å². The van der Waals surface area contributed by atoms with E-state index in [1.807, 2.05) is 65.6 Å². The van der Waals surface area contributed by atoms with E-state index in [-0.39, 0.29) is 11.4 Å². The Morgan fingerprint density at radius 1 is 0.974 bits per heavy atom. The lowest BCUT2D eigenvalue weighted by Gasteiger charge is -2.39. The van der Waals surface area contributed by atoms with Gasteiger partial charge >= 0.3 is 0 Å². The van der Waals surface area contributed by atoms with Crippen molar-refractivity contribution in [2.75, 3.05) is 38.2 Å². The molecule has 0 amide bonds. The summed E-state index contributed by atoms with van der Waals surface area (Å²) >= 11 is 0. The maximum Gasteiger partial charge on any atom is 0.253 e. The number of piperazine rings is 1. The minimum atomic E-state index is -0.498. The first kappa shape index (κ1) is 24.7. The lowest BCUT2D eigenvalue weighted by atomic mass is 10.0. The van der Waals surface area contributed by atoms with E-state index >= 15 is 0 Å². The van der Waals surface area contributed by atoms with Crippen LogP contribution in [0.25, 0.3) is 10.9 Å². The molecule has 3 heterocycles. The van der Waals surface area contributed by atoms with Crippen LogP contribution in [0.2, 0.25) is 0 Å². The second-order valence-corrected chi connectivity index (χ2v) is 9.56. The summed E-state index contributed by atoms with van der Waals surface area (Å²) in [6, 6.07) is 23.8. The van der Waals surface area contributed by atoms with Gasteiger partial charge in [0.05, 0.1) is 24.9 Å². The van der Waals surface area contributed by atoms with E-state index in [2.05, 4.69) is 25.4 Å². The number of aromatic amines is 1. The predicted octanol–water partition coefficient (Wildman–Crippen LogP) is 3.62. The Hall–Kier alpha value is -4.57.